The molecule has 1 heterocycles. The van der Waals surface area contributed by atoms with Crippen LogP contribution in [-0.2, 0) is 4.79 Å². The Morgan fingerprint density at radius 2 is 2.32 bits per heavy atom. The van der Waals surface area contributed by atoms with Crippen LogP contribution in [0.25, 0.3) is 0 Å². The second-order valence-corrected chi connectivity index (χ2v) is 6.02. The molecular weight excluding hydrogens is 326 g/mol. The van der Waals surface area contributed by atoms with Gasteiger partial charge in [-0.15, -0.1) is 0 Å². The Hall–Kier alpha value is -0.680. The van der Waals surface area contributed by atoms with Crippen molar-refractivity contribution in [3.63, 3.8) is 0 Å². The third-order valence-electron chi connectivity index (χ3n) is 3.26. The lowest BCUT2D eigenvalue weighted by atomic mass is 10.0. The summed E-state index contributed by atoms with van der Waals surface area (Å²) in [5.74, 6) is 2.01. The molecule has 0 saturated heterocycles. The zero-order valence-corrected chi connectivity index (χ0v) is 13.4. The largest absolute Gasteiger partial charge is 0.482 e. The van der Waals surface area contributed by atoms with Gasteiger partial charge in [0.2, 0.25) is 0 Å². The molecule has 1 aliphatic heterocycles. The van der Waals surface area contributed by atoms with Crippen LogP contribution >= 0.6 is 28.6 Å². The van der Waals surface area contributed by atoms with Crippen molar-refractivity contribution in [1.29, 1.82) is 0 Å². The summed E-state index contributed by atoms with van der Waals surface area (Å²) in [7, 11) is 0. The molecule has 0 bridgehead atoms. The third kappa shape index (κ3) is 3.45. The highest BCUT2D eigenvalue weighted by Crippen LogP contribution is 2.35. The SMILES string of the molecule is CCCC(CS)CN1C(=O)COc2ccc(Br)cc21. The molecule has 0 N–H and O–H groups in total. The number of rotatable bonds is 5. The van der Waals surface area contributed by atoms with Crippen LogP contribution in [0.3, 0.4) is 0 Å². The number of benzene rings is 1. The molecule has 19 heavy (non-hydrogen) atoms. The minimum atomic E-state index is 0.0217. The molecule has 2 rings (SSSR count). The first-order chi connectivity index (χ1) is 9.15. The summed E-state index contributed by atoms with van der Waals surface area (Å²) >= 11 is 7.83. The van der Waals surface area contributed by atoms with Crippen molar-refractivity contribution in [3.8, 4) is 5.75 Å². The van der Waals surface area contributed by atoms with E-state index in [4.69, 9.17) is 4.74 Å². The predicted octanol–water partition coefficient (Wildman–Crippen LogP) is 3.52. The number of thiol groups is 1. The first-order valence-electron chi connectivity index (χ1n) is 6.49. The molecule has 0 saturated carbocycles. The molecule has 5 heteroatoms. The summed E-state index contributed by atoms with van der Waals surface area (Å²) in [6.07, 6.45) is 2.19. The lowest BCUT2D eigenvalue weighted by molar-refractivity contribution is -0.121. The van der Waals surface area contributed by atoms with Gasteiger partial charge in [-0.3, -0.25) is 4.79 Å². The number of anilines is 1. The highest BCUT2D eigenvalue weighted by Gasteiger charge is 2.27. The molecule has 0 aliphatic carbocycles. The predicted molar refractivity (Wildman–Crippen MR) is 84.2 cm³/mol. The Balaban J connectivity index is 2.24. The number of hydrogen-bond donors (Lipinski definition) is 1. The Kier molecular flexibility index (Phi) is 5.16. The van der Waals surface area contributed by atoms with E-state index >= 15 is 0 Å². The summed E-state index contributed by atoms with van der Waals surface area (Å²) in [6.45, 7) is 2.99. The van der Waals surface area contributed by atoms with E-state index in [1.165, 1.54) is 0 Å². The molecule has 0 aromatic heterocycles. The minimum Gasteiger partial charge on any atom is -0.482 e. The average molecular weight is 344 g/mol. The second-order valence-electron chi connectivity index (χ2n) is 4.74. The van der Waals surface area contributed by atoms with Gasteiger partial charge in [0.15, 0.2) is 6.61 Å². The normalized spacial score (nSPS) is 15.9. The standard InChI is InChI=1S/C14H18BrNO2S/c1-2-3-10(9-19)7-16-12-6-11(15)4-5-13(12)18-8-14(16)17/h4-6,10,19H,2-3,7-9H2,1H3. The van der Waals surface area contributed by atoms with Gasteiger partial charge >= 0.3 is 0 Å². The summed E-state index contributed by atoms with van der Waals surface area (Å²) in [5, 5.41) is 0. The van der Waals surface area contributed by atoms with Crippen LogP contribution in [0.4, 0.5) is 5.69 Å². The Morgan fingerprint density at radius 1 is 1.53 bits per heavy atom. The number of halogens is 1. The molecule has 3 nitrogen and oxygen atoms in total. The molecule has 104 valence electrons. The van der Waals surface area contributed by atoms with Crippen molar-refractivity contribution in [2.24, 2.45) is 5.92 Å². The van der Waals surface area contributed by atoms with E-state index in [1.807, 2.05) is 23.1 Å². The summed E-state index contributed by atoms with van der Waals surface area (Å²) in [4.78, 5) is 13.9. The Morgan fingerprint density at radius 3 is 3.00 bits per heavy atom. The fourth-order valence-corrected chi connectivity index (χ4v) is 2.93. The summed E-state index contributed by atoms with van der Waals surface area (Å²) < 4.78 is 6.42. The zero-order chi connectivity index (χ0) is 13.8. The molecule has 0 spiro atoms. The maximum Gasteiger partial charge on any atom is 0.265 e. The fourth-order valence-electron chi connectivity index (χ4n) is 2.28. The average Bonchev–Trinajstić information content (AvgIpc) is 2.41. The fraction of sp³-hybridized carbons (Fsp3) is 0.500. The van der Waals surface area contributed by atoms with E-state index in [2.05, 4.69) is 35.5 Å². The van der Waals surface area contributed by atoms with Gasteiger partial charge in [0, 0.05) is 11.0 Å². The van der Waals surface area contributed by atoms with Crippen molar-refractivity contribution in [1.82, 2.24) is 0 Å². The lowest BCUT2D eigenvalue weighted by Gasteiger charge is -2.32. The first kappa shape index (κ1) is 14.7. The van der Waals surface area contributed by atoms with Crippen LogP contribution in [-0.4, -0.2) is 24.8 Å². The first-order valence-corrected chi connectivity index (χ1v) is 7.91. The Labute approximate surface area is 127 Å². The van der Waals surface area contributed by atoms with Gasteiger partial charge in [0.05, 0.1) is 5.69 Å². The van der Waals surface area contributed by atoms with E-state index in [0.29, 0.717) is 12.5 Å². The van der Waals surface area contributed by atoms with Gasteiger partial charge in [-0.1, -0.05) is 29.3 Å². The maximum absolute atomic E-state index is 12.1. The molecule has 1 aliphatic rings. The summed E-state index contributed by atoms with van der Waals surface area (Å²) in [5.41, 5.74) is 0.855. The monoisotopic (exact) mass is 343 g/mol. The lowest BCUT2D eigenvalue weighted by Crippen LogP contribution is -2.42. The molecule has 1 amide bonds. The van der Waals surface area contributed by atoms with Crippen LogP contribution in [0, 0.1) is 5.92 Å². The minimum absolute atomic E-state index is 0.0217. The smallest absolute Gasteiger partial charge is 0.265 e. The van der Waals surface area contributed by atoms with Crippen LogP contribution in [0.5, 0.6) is 5.75 Å². The van der Waals surface area contributed by atoms with E-state index in [0.717, 1.165) is 34.5 Å². The van der Waals surface area contributed by atoms with Gasteiger partial charge in [0.1, 0.15) is 5.75 Å². The molecule has 1 atom stereocenters. The second kappa shape index (κ2) is 6.66. The highest BCUT2D eigenvalue weighted by molar-refractivity contribution is 9.10. The zero-order valence-electron chi connectivity index (χ0n) is 10.9. The number of carbonyl (C=O) groups excluding carboxylic acids is 1. The number of nitrogens with zero attached hydrogens (tertiary/aromatic N) is 1. The number of carbonyl (C=O) groups is 1. The van der Waals surface area contributed by atoms with Gasteiger partial charge in [-0.25, -0.2) is 0 Å². The van der Waals surface area contributed by atoms with Gasteiger partial charge in [-0.05, 0) is 36.3 Å². The number of ether oxygens (including phenoxy) is 1. The van der Waals surface area contributed by atoms with E-state index in [9.17, 15) is 4.79 Å². The van der Waals surface area contributed by atoms with Gasteiger partial charge < -0.3 is 9.64 Å². The Bertz CT molecular complexity index is 467. The van der Waals surface area contributed by atoms with Crippen molar-refractivity contribution in [2.75, 3.05) is 23.8 Å². The van der Waals surface area contributed by atoms with E-state index in [1.54, 1.807) is 0 Å². The van der Waals surface area contributed by atoms with Crippen LogP contribution in [0.1, 0.15) is 19.8 Å². The summed E-state index contributed by atoms with van der Waals surface area (Å²) in [6, 6.07) is 5.76. The van der Waals surface area contributed by atoms with Gasteiger partial charge in [0.25, 0.3) is 5.91 Å². The molecule has 1 unspecified atom stereocenters. The molecular formula is C14H18BrNO2S. The molecule has 1 aromatic rings. The van der Waals surface area contributed by atoms with Crippen molar-refractivity contribution in [3.05, 3.63) is 22.7 Å². The van der Waals surface area contributed by atoms with E-state index < -0.39 is 0 Å². The van der Waals surface area contributed by atoms with Crippen LogP contribution < -0.4 is 9.64 Å². The molecule has 0 fully saturated rings. The number of fused-ring (bicyclic) bond motifs is 1. The van der Waals surface area contributed by atoms with Crippen LogP contribution in [0.15, 0.2) is 22.7 Å². The van der Waals surface area contributed by atoms with Crippen molar-refractivity contribution in [2.45, 2.75) is 19.8 Å². The van der Waals surface area contributed by atoms with Gasteiger partial charge in [-0.2, -0.15) is 12.6 Å². The molecule has 0 radical (unpaired) electrons. The van der Waals surface area contributed by atoms with Crippen LogP contribution in [0.2, 0.25) is 0 Å². The maximum atomic E-state index is 12.1. The third-order valence-corrected chi connectivity index (χ3v) is 4.27. The number of amides is 1. The topological polar surface area (TPSA) is 29.5 Å². The van der Waals surface area contributed by atoms with Crippen molar-refractivity contribution >= 4 is 40.2 Å². The quantitative estimate of drug-likeness (QED) is 0.829. The van der Waals surface area contributed by atoms with E-state index in [-0.39, 0.29) is 12.5 Å². The van der Waals surface area contributed by atoms with Crippen molar-refractivity contribution < 1.29 is 9.53 Å². The highest BCUT2D eigenvalue weighted by atomic mass is 79.9. The molecule has 1 aromatic carbocycles. The number of hydrogen-bond acceptors (Lipinski definition) is 3.